The van der Waals surface area contributed by atoms with E-state index in [1.165, 1.54) is 0 Å². The number of benzene rings is 2. The average molecular weight is 473 g/mol. The molecule has 0 atom stereocenters. The highest BCUT2D eigenvalue weighted by molar-refractivity contribution is 8.26. The maximum absolute atomic E-state index is 12.7. The van der Waals surface area contributed by atoms with Crippen LogP contribution in [0.2, 0.25) is 0 Å². The van der Waals surface area contributed by atoms with E-state index in [0.717, 1.165) is 40.4 Å². The van der Waals surface area contributed by atoms with Crippen LogP contribution in [0.4, 0.5) is 5.69 Å². The minimum Gasteiger partial charge on any atom is -0.497 e. The summed E-state index contributed by atoms with van der Waals surface area (Å²) in [6, 6.07) is 10.3. The van der Waals surface area contributed by atoms with Crippen molar-refractivity contribution in [2.24, 2.45) is 0 Å². The standard InChI is InChI=1S/C21H16N2O7S2/c1-30-15-4-2-11(3-5-15)6-16-18(25)23(21(31)32-16)10-17(24)22-14-8-12(19(26)27)7-13(9-14)20(28)29/h2-9H,10H2,1H3,(H,22,24)(H,26,27)(H,28,29)/b16-6-. The van der Waals surface area contributed by atoms with Crippen LogP contribution in [-0.2, 0) is 9.59 Å². The normalized spacial score (nSPS) is 14.5. The van der Waals surface area contributed by atoms with Crippen LogP contribution in [0.1, 0.15) is 26.3 Å². The van der Waals surface area contributed by atoms with E-state index < -0.39 is 30.3 Å². The Morgan fingerprint density at radius 3 is 2.22 bits per heavy atom. The van der Waals surface area contributed by atoms with Gasteiger partial charge in [-0.2, -0.15) is 0 Å². The first-order valence-corrected chi connectivity index (χ1v) is 10.2. The molecular weight excluding hydrogens is 456 g/mol. The molecule has 2 aromatic carbocycles. The van der Waals surface area contributed by atoms with Crippen LogP contribution >= 0.6 is 24.0 Å². The fraction of sp³-hybridized carbons (Fsp3) is 0.0952. The molecule has 1 heterocycles. The third-order valence-corrected chi connectivity index (χ3v) is 5.68. The Kier molecular flexibility index (Phi) is 6.91. The van der Waals surface area contributed by atoms with Crippen LogP contribution in [0.5, 0.6) is 5.75 Å². The van der Waals surface area contributed by atoms with Crippen molar-refractivity contribution in [1.29, 1.82) is 0 Å². The van der Waals surface area contributed by atoms with Crippen molar-refractivity contribution in [3.05, 3.63) is 64.1 Å². The molecule has 3 rings (SSSR count). The second-order valence-corrected chi connectivity index (χ2v) is 8.17. The van der Waals surface area contributed by atoms with Gasteiger partial charge in [-0.05, 0) is 42.0 Å². The van der Waals surface area contributed by atoms with Gasteiger partial charge in [0.05, 0.1) is 23.1 Å². The van der Waals surface area contributed by atoms with Crippen LogP contribution in [0.3, 0.4) is 0 Å². The molecule has 9 nitrogen and oxygen atoms in total. The van der Waals surface area contributed by atoms with E-state index >= 15 is 0 Å². The minimum absolute atomic E-state index is 0.0217. The van der Waals surface area contributed by atoms with Gasteiger partial charge in [-0.1, -0.05) is 36.1 Å². The zero-order chi connectivity index (χ0) is 23.4. The third-order valence-electron chi connectivity index (χ3n) is 4.30. The van der Waals surface area contributed by atoms with E-state index in [-0.39, 0.29) is 21.1 Å². The Morgan fingerprint density at radius 1 is 1.09 bits per heavy atom. The maximum Gasteiger partial charge on any atom is 0.335 e. The Hall–Kier alpha value is -3.70. The summed E-state index contributed by atoms with van der Waals surface area (Å²) >= 11 is 6.27. The molecule has 2 amide bonds. The molecule has 2 aromatic rings. The molecule has 0 aromatic heterocycles. The number of carbonyl (C=O) groups excluding carboxylic acids is 2. The molecule has 0 aliphatic carbocycles. The molecule has 32 heavy (non-hydrogen) atoms. The first-order valence-electron chi connectivity index (χ1n) is 8.99. The number of hydrogen-bond donors (Lipinski definition) is 3. The van der Waals surface area contributed by atoms with Crippen molar-refractivity contribution in [2.75, 3.05) is 19.0 Å². The number of aromatic carboxylic acids is 2. The highest BCUT2D eigenvalue weighted by atomic mass is 32.2. The monoisotopic (exact) mass is 472 g/mol. The summed E-state index contributed by atoms with van der Waals surface area (Å²) in [5, 5.41) is 20.7. The Morgan fingerprint density at radius 2 is 1.69 bits per heavy atom. The van der Waals surface area contributed by atoms with E-state index in [2.05, 4.69) is 5.32 Å². The van der Waals surface area contributed by atoms with Crippen LogP contribution < -0.4 is 10.1 Å². The van der Waals surface area contributed by atoms with E-state index in [4.69, 9.17) is 27.2 Å². The third kappa shape index (κ3) is 5.31. The van der Waals surface area contributed by atoms with Gasteiger partial charge in [0, 0.05) is 5.69 Å². The second-order valence-electron chi connectivity index (χ2n) is 6.50. The fourth-order valence-corrected chi connectivity index (χ4v) is 4.03. The number of nitrogens with zero attached hydrogens (tertiary/aromatic N) is 1. The van der Waals surface area contributed by atoms with Crippen molar-refractivity contribution < 1.29 is 34.1 Å². The number of hydrogen-bond acceptors (Lipinski definition) is 7. The molecule has 3 N–H and O–H groups in total. The lowest BCUT2D eigenvalue weighted by Crippen LogP contribution is -2.36. The van der Waals surface area contributed by atoms with Crippen LogP contribution in [-0.4, -0.2) is 56.8 Å². The lowest BCUT2D eigenvalue weighted by Gasteiger charge is -2.14. The summed E-state index contributed by atoms with van der Waals surface area (Å²) in [4.78, 5) is 49.0. The summed E-state index contributed by atoms with van der Waals surface area (Å²) in [5.41, 5.74) is 0.135. The molecule has 0 spiro atoms. The average Bonchev–Trinajstić information content (AvgIpc) is 3.01. The molecule has 0 saturated carbocycles. The quantitative estimate of drug-likeness (QED) is 0.411. The number of rotatable bonds is 7. The lowest BCUT2D eigenvalue weighted by atomic mass is 10.1. The minimum atomic E-state index is -1.34. The van der Waals surface area contributed by atoms with Gasteiger partial charge in [-0.15, -0.1) is 0 Å². The number of methoxy groups -OCH3 is 1. The maximum atomic E-state index is 12.7. The molecule has 11 heteroatoms. The Labute approximate surface area is 191 Å². The lowest BCUT2D eigenvalue weighted by molar-refractivity contribution is -0.126. The zero-order valence-corrected chi connectivity index (χ0v) is 18.2. The first kappa shape index (κ1) is 23.0. The molecule has 1 aliphatic rings. The molecule has 1 fully saturated rings. The molecule has 0 bridgehead atoms. The fourth-order valence-electron chi connectivity index (χ4n) is 2.78. The van der Waals surface area contributed by atoms with Crippen LogP contribution in [0.25, 0.3) is 6.08 Å². The van der Waals surface area contributed by atoms with Crippen LogP contribution in [0, 0.1) is 0 Å². The number of ether oxygens (including phenoxy) is 1. The number of thiocarbonyl (C=S) groups is 1. The summed E-state index contributed by atoms with van der Waals surface area (Å²) in [7, 11) is 1.55. The first-order chi connectivity index (χ1) is 15.2. The molecular formula is C21H16N2O7S2. The highest BCUT2D eigenvalue weighted by Gasteiger charge is 2.33. The Bertz CT molecular complexity index is 1130. The van der Waals surface area contributed by atoms with Crippen molar-refractivity contribution in [3.63, 3.8) is 0 Å². The highest BCUT2D eigenvalue weighted by Crippen LogP contribution is 2.32. The van der Waals surface area contributed by atoms with E-state index in [1.807, 2.05) is 0 Å². The SMILES string of the molecule is COc1ccc(/C=C2\SC(=S)N(CC(=O)Nc3cc(C(=O)O)cc(C(=O)O)c3)C2=O)cc1. The van der Waals surface area contributed by atoms with E-state index in [0.29, 0.717) is 10.7 Å². The summed E-state index contributed by atoms with van der Waals surface area (Å²) in [6.07, 6.45) is 1.64. The summed E-state index contributed by atoms with van der Waals surface area (Å²) in [6.45, 7) is -0.412. The Balaban J connectivity index is 1.73. The predicted octanol–water partition coefficient (Wildman–Crippen LogP) is 2.93. The van der Waals surface area contributed by atoms with Crippen molar-refractivity contribution in [3.8, 4) is 5.75 Å². The number of carboxylic acid groups (broad SMARTS) is 2. The van der Waals surface area contributed by atoms with Gasteiger partial charge >= 0.3 is 11.9 Å². The number of carboxylic acids is 2. The van der Waals surface area contributed by atoms with Crippen molar-refractivity contribution >= 4 is 63.8 Å². The number of carbonyl (C=O) groups is 4. The van der Waals surface area contributed by atoms with Gasteiger partial charge in [-0.25, -0.2) is 9.59 Å². The van der Waals surface area contributed by atoms with Crippen molar-refractivity contribution in [2.45, 2.75) is 0 Å². The molecule has 0 radical (unpaired) electrons. The molecule has 0 unspecified atom stereocenters. The molecule has 1 aliphatic heterocycles. The van der Waals surface area contributed by atoms with Crippen molar-refractivity contribution in [1.82, 2.24) is 4.90 Å². The number of anilines is 1. The van der Waals surface area contributed by atoms with Gasteiger partial charge < -0.3 is 20.3 Å². The number of nitrogens with one attached hydrogen (secondary N) is 1. The summed E-state index contributed by atoms with van der Waals surface area (Å²) in [5.74, 6) is -3.12. The number of thioether (sulfide) groups is 1. The molecule has 164 valence electrons. The van der Waals surface area contributed by atoms with Crippen LogP contribution in [0.15, 0.2) is 47.4 Å². The molecule has 1 saturated heterocycles. The van der Waals surface area contributed by atoms with E-state index in [1.54, 1.807) is 37.5 Å². The van der Waals surface area contributed by atoms with E-state index in [9.17, 15) is 19.2 Å². The largest absolute Gasteiger partial charge is 0.497 e. The zero-order valence-electron chi connectivity index (χ0n) is 16.5. The van der Waals surface area contributed by atoms with Gasteiger partial charge in [0.1, 0.15) is 16.6 Å². The van der Waals surface area contributed by atoms with Gasteiger partial charge in [0.2, 0.25) is 5.91 Å². The second kappa shape index (κ2) is 9.62. The smallest absolute Gasteiger partial charge is 0.335 e. The topological polar surface area (TPSA) is 133 Å². The summed E-state index contributed by atoms with van der Waals surface area (Å²) < 4.78 is 5.29. The predicted molar refractivity (Wildman–Crippen MR) is 122 cm³/mol. The van der Waals surface area contributed by atoms with Gasteiger partial charge in [0.15, 0.2) is 0 Å². The number of amides is 2. The van der Waals surface area contributed by atoms with Gasteiger partial charge in [0.25, 0.3) is 5.91 Å². The van der Waals surface area contributed by atoms with Gasteiger partial charge in [-0.3, -0.25) is 14.5 Å².